The fraction of sp³-hybridized carbons (Fsp3) is 0.200. The van der Waals surface area contributed by atoms with Gasteiger partial charge in [0.2, 0.25) is 0 Å². The molecule has 8 nitrogen and oxygen atoms in total. The van der Waals surface area contributed by atoms with E-state index in [1.165, 1.54) is 12.1 Å². The van der Waals surface area contributed by atoms with Crippen LogP contribution in [0.3, 0.4) is 0 Å². The van der Waals surface area contributed by atoms with E-state index in [1.807, 2.05) is 49.4 Å². The van der Waals surface area contributed by atoms with Crippen molar-refractivity contribution in [2.24, 2.45) is 5.73 Å². The summed E-state index contributed by atoms with van der Waals surface area (Å²) in [4.78, 5) is 26.8. The predicted octanol–water partition coefficient (Wildman–Crippen LogP) is 5.61. The summed E-state index contributed by atoms with van der Waals surface area (Å²) in [7, 11) is 1.57. The van der Waals surface area contributed by atoms with Crippen LogP contribution in [0, 0.1) is 28.4 Å². The van der Waals surface area contributed by atoms with Gasteiger partial charge in [0.1, 0.15) is 11.6 Å². The number of nitrogens with two attached hydrogens (primary N) is 1. The van der Waals surface area contributed by atoms with Crippen LogP contribution in [-0.2, 0) is 4.79 Å². The third kappa shape index (κ3) is 4.18. The lowest BCUT2D eigenvalue weighted by Gasteiger charge is -2.42. The SMILES string of the molecule is COc1ccc(C2C(C#N)=C(N)N(c3cc([N+](=O)[O-])ccc3C)C3=C2C(=O)CC(c2ccccc2)C3)cc1. The molecule has 3 aromatic rings. The first kappa shape index (κ1) is 24.8. The van der Waals surface area contributed by atoms with E-state index in [1.54, 1.807) is 30.2 Å². The van der Waals surface area contributed by atoms with Crippen molar-refractivity contribution >= 4 is 17.2 Å². The van der Waals surface area contributed by atoms with Crippen LogP contribution in [0.25, 0.3) is 0 Å². The van der Waals surface area contributed by atoms with Gasteiger partial charge in [0.05, 0.1) is 35.3 Å². The molecule has 0 saturated heterocycles. The number of aryl methyl sites for hydroxylation is 1. The summed E-state index contributed by atoms with van der Waals surface area (Å²) in [5, 5.41) is 21.9. The molecule has 2 unspecified atom stereocenters. The number of rotatable bonds is 5. The number of non-ortho nitro benzene ring substituents is 1. The van der Waals surface area contributed by atoms with Crippen LogP contribution in [0.4, 0.5) is 11.4 Å². The zero-order chi connectivity index (χ0) is 27.0. The molecule has 2 N–H and O–H groups in total. The Hall–Kier alpha value is -4.90. The van der Waals surface area contributed by atoms with E-state index in [2.05, 4.69) is 6.07 Å². The molecule has 0 amide bonds. The molecule has 0 radical (unpaired) electrons. The Labute approximate surface area is 220 Å². The van der Waals surface area contributed by atoms with E-state index in [9.17, 15) is 20.2 Å². The molecule has 1 aliphatic heterocycles. The molecule has 1 heterocycles. The molecule has 38 heavy (non-hydrogen) atoms. The van der Waals surface area contributed by atoms with Gasteiger partial charge in [-0.05, 0) is 48.1 Å². The van der Waals surface area contributed by atoms with Crippen molar-refractivity contribution in [3.63, 3.8) is 0 Å². The van der Waals surface area contributed by atoms with E-state index in [0.29, 0.717) is 29.1 Å². The average Bonchev–Trinajstić information content (AvgIpc) is 2.93. The lowest BCUT2D eigenvalue weighted by molar-refractivity contribution is -0.384. The van der Waals surface area contributed by atoms with Gasteiger partial charge in [0.25, 0.3) is 5.69 Å². The molecule has 2 aliphatic rings. The second-order valence-electron chi connectivity index (χ2n) is 9.48. The van der Waals surface area contributed by atoms with E-state index in [4.69, 9.17) is 10.5 Å². The van der Waals surface area contributed by atoms with E-state index in [-0.39, 0.29) is 35.2 Å². The summed E-state index contributed by atoms with van der Waals surface area (Å²) in [6, 6.07) is 23.8. The van der Waals surface area contributed by atoms with E-state index in [0.717, 1.165) is 16.7 Å². The Morgan fingerprint density at radius 1 is 1.05 bits per heavy atom. The van der Waals surface area contributed by atoms with Gasteiger partial charge >= 0.3 is 0 Å². The van der Waals surface area contributed by atoms with Gasteiger partial charge in [-0.1, -0.05) is 48.5 Å². The van der Waals surface area contributed by atoms with Gasteiger partial charge in [0, 0.05) is 29.8 Å². The number of hydrogen-bond acceptors (Lipinski definition) is 7. The highest BCUT2D eigenvalue weighted by Crippen LogP contribution is 2.50. The number of nitriles is 1. The lowest BCUT2D eigenvalue weighted by Crippen LogP contribution is -2.40. The number of nitro groups is 1. The van der Waals surface area contributed by atoms with Crippen molar-refractivity contribution in [3.8, 4) is 11.8 Å². The topological polar surface area (TPSA) is 122 Å². The Kier molecular flexibility index (Phi) is 6.43. The lowest BCUT2D eigenvalue weighted by atomic mass is 9.71. The fourth-order valence-corrected chi connectivity index (χ4v) is 5.45. The standard InChI is InChI=1S/C30H26N4O4/c1-18-8-11-22(34(36)37)16-25(18)33-26-14-21(19-6-4-3-5-7-19)15-27(35)29(26)28(24(17-31)30(33)32)20-9-12-23(38-2)13-10-20/h3-13,16,21,28H,14-15,32H2,1-2H3. The minimum atomic E-state index is -0.652. The molecular formula is C30H26N4O4. The maximum Gasteiger partial charge on any atom is 0.271 e. The minimum Gasteiger partial charge on any atom is -0.497 e. The molecule has 2 atom stereocenters. The first-order valence-corrected chi connectivity index (χ1v) is 12.2. The predicted molar refractivity (Wildman–Crippen MR) is 143 cm³/mol. The highest BCUT2D eigenvalue weighted by molar-refractivity contribution is 6.02. The summed E-state index contributed by atoms with van der Waals surface area (Å²) < 4.78 is 5.30. The summed E-state index contributed by atoms with van der Waals surface area (Å²) in [5.74, 6) is -0.00842. The second kappa shape index (κ2) is 9.87. The maximum absolute atomic E-state index is 13.9. The summed E-state index contributed by atoms with van der Waals surface area (Å²) in [6.45, 7) is 1.83. The van der Waals surface area contributed by atoms with Crippen LogP contribution >= 0.6 is 0 Å². The van der Waals surface area contributed by atoms with Crippen LogP contribution in [0.15, 0.2) is 95.5 Å². The molecule has 0 bridgehead atoms. The highest BCUT2D eigenvalue weighted by atomic mass is 16.6. The van der Waals surface area contributed by atoms with E-state index >= 15 is 0 Å². The molecule has 8 heteroatoms. The van der Waals surface area contributed by atoms with Crippen molar-refractivity contribution in [2.75, 3.05) is 12.0 Å². The molecule has 190 valence electrons. The van der Waals surface area contributed by atoms with Crippen molar-refractivity contribution in [2.45, 2.75) is 31.6 Å². The second-order valence-corrected chi connectivity index (χ2v) is 9.48. The first-order valence-electron chi connectivity index (χ1n) is 12.2. The zero-order valence-corrected chi connectivity index (χ0v) is 21.0. The molecule has 5 rings (SSSR count). The van der Waals surface area contributed by atoms with Gasteiger partial charge in [-0.3, -0.25) is 19.8 Å². The molecule has 1 aliphatic carbocycles. The number of benzene rings is 3. The van der Waals surface area contributed by atoms with Crippen molar-refractivity contribution < 1.29 is 14.5 Å². The highest BCUT2D eigenvalue weighted by Gasteiger charge is 2.43. The van der Waals surface area contributed by atoms with Gasteiger partial charge in [-0.25, -0.2) is 0 Å². The Balaban J connectivity index is 1.75. The summed E-state index contributed by atoms with van der Waals surface area (Å²) in [5.41, 5.74) is 11.0. The molecule has 0 saturated carbocycles. The number of ketones is 1. The first-order chi connectivity index (χ1) is 18.3. The number of ether oxygens (including phenoxy) is 1. The van der Waals surface area contributed by atoms with Gasteiger partial charge in [-0.2, -0.15) is 5.26 Å². The molecule has 0 aromatic heterocycles. The van der Waals surface area contributed by atoms with Crippen LogP contribution in [0.5, 0.6) is 5.75 Å². The summed E-state index contributed by atoms with van der Waals surface area (Å²) >= 11 is 0. The third-order valence-corrected chi connectivity index (χ3v) is 7.33. The number of nitrogens with zero attached hydrogens (tertiary/aromatic N) is 3. The Morgan fingerprint density at radius 3 is 2.39 bits per heavy atom. The number of allylic oxidation sites excluding steroid dienone is 3. The normalized spacial score (nSPS) is 19.2. The summed E-state index contributed by atoms with van der Waals surface area (Å²) in [6.07, 6.45) is 0.773. The minimum absolute atomic E-state index is 0.0748. The molecule has 0 fully saturated rings. The third-order valence-electron chi connectivity index (χ3n) is 7.33. The van der Waals surface area contributed by atoms with Gasteiger partial charge in [-0.15, -0.1) is 0 Å². The Morgan fingerprint density at radius 2 is 1.76 bits per heavy atom. The number of Topliss-reactive ketones (excluding diaryl/α,β-unsaturated/α-hetero) is 1. The number of carbonyl (C=O) groups is 1. The Bertz CT molecular complexity index is 1530. The molecule has 0 spiro atoms. The number of methoxy groups -OCH3 is 1. The number of hydrogen-bond donors (Lipinski definition) is 1. The van der Waals surface area contributed by atoms with Crippen LogP contribution in [-0.4, -0.2) is 17.8 Å². The average molecular weight is 507 g/mol. The van der Waals surface area contributed by atoms with Gasteiger partial charge < -0.3 is 10.5 Å². The fourth-order valence-electron chi connectivity index (χ4n) is 5.45. The number of nitro benzene ring substituents is 1. The smallest absolute Gasteiger partial charge is 0.271 e. The maximum atomic E-state index is 13.9. The number of carbonyl (C=O) groups excluding carboxylic acids is 1. The molecule has 3 aromatic carbocycles. The number of anilines is 1. The van der Waals surface area contributed by atoms with Crippen molar-refractivity contribution in [3.05, 3.63) is 122 Å². The molecular weight excluding hydrogens is 480 g/mol. The van der Waals surface area contributed by atoms with E-state index < -0.39 is 10.8 Å². The monoisotopic (exact) mass is 506 g/mol. The van der Waals surface area contributed by atoms with Gasteiger partial charge in [0.15, 0.2) is 5.78 Å². The van der Waals surface area contributed by atoms with Crippen molar-refractivity contribution in [1.29, 1.82) is 5.26 Å². The van der Waals surface area contributed by atoms with Crippen LogP contribution in [0.2, 0.25) is 0 Å². The van der Waals surface area contributed by atoms with Crippen LogP contribution < -0.4 is 15.4 Å². The zero-order valence-electron chi connectivity index (χ0n) is 21.0. The van der Waals surface area contributed by atoms with Crippen LogP contribution in [0.1, 0.15) is 41.4 Å². The largest absolute Gasteiger partial charge is 0.497 e. The quantitative estimate of drug-likeness (QED) is 0.352. The van der Waals surface area contributed by atoms with Crippen molar-refractivity contribution in [1.82, 2.24) is 0 Å².